The van der Waals surface area contributed by atoms with E-state index in [1.807, 2.05) is 60.7 Å². The maximum absolute atomic E-state index is 6.65. The molecule has 2 aliphatic rings. The molecule has 0 aliphatic heterocycles. The van der Waals surface area contributed by atoms with Crippen LogP contribution in [-0.4, -0.2) is 13.2 Å². The van der Waals surface area contributed by atoms with Crippen LogP contribution in [0.1, 0.15) is 49.9 Å². The number of furan rings is 6. The second kappa shape index (κ2) is 22.3. The summed E-state index contributed by atoms with van der Waals surface area (Å²) < 4.78 is 47.0. The van der Waals surface area contributed by atoms with Crippen LogP contribution in [0.25, 0.3) is 290 Å². The predicted octanol–water partition coefficient (Wildman–Crippen LogP) is 32.8. The standard InChI is InChI=1S/C44H31N.2C36H17NO3/c1-43(2)35-15-9-7-13-26(35)30-20-32-33-19-29-25-12-6-5-11-24(25)17-18-28(29)41-34-21-31-27-14-8-10-16-36(27)44(3,4)38(31)23-40(34)45(42(33)41)39(32)22-37(30)43;1-4-10-26-18(7-1)21-14-13-20-25-17-29-30(23-9-3-6-12-28(23)38-29)31-24-16-15-22-19-8-2-5-11-27(19)40-36(22)34(24)37(32(25)31)33(20)35(21)39-26;1-4-10-27-18(7-1)22-14-13-21-25-17-26-20-9-3-6-12-29(20)38-34(26)30-24-16-15-23-19-8-2-5-11-28(19)40-36(23)33(24)37(31(25)30)32(21)35(22)39-27/h5-23H,1-4H3;2*1-17H. The van der Waals surface area contributed by atoms with Crippen molar-refractivity contribution >= 4 is 267 Å². The minimum absolute atomic E-state index is 0.0520. The highest BCUT2D eigenvalue weighted by atomic mass is 16.4. The maximum atomic E-state index is 6.65. The Bertz CT molecular complexity index is 10300. The van der Waals surface area contributed by atoms with Crippen molar-refractivity contribution in [3.05, 3.63) is 344 Å². The van der Waals surface area contributed by atoms with Gasteiger partial charge in [0.2, 0.25) is 0 Å². The molecule has 0 amide bonds. The van der Waals surface area contributed by atoms with E-state index in [-0.39, 0.29) is 10.8 Å². The smallest absolute Gasteiger partial charge is 0.160 e. The van der Waals surface area contributed by atoms with Gasteiger partial charge < -0.3 is 39.7 Å². The topological polar surface area (TPSA) is 92.1 Å². The lowest BCUT2D eigenvalue weighted by molar-refractivity contribution is 0.661. The van der Waals surface area contributed by atoms with E-state index >= 15 is 0 Å². The minimum Gasteiger partial charge on any atom is -0.456 e. The zero-order valence-electron chi connectivity index (χ0n) is 67.9. The van der Waals surface area contributed by atoms with Crippen LogP contribution >= 0.6 is 0 Å². The number of para-hydroxylation sites is 6. The van der Waals surface area contributed by atoms with Crippen molar-refractivity contribution in [1.29, 1.82) is 0 Å². The van der Waals surface area contributed by atoms with E-state index in [9.17, 15) is 0 Å². The van der Waals surface area contributed by atoms with Crippen LogP contribution in [0, 0.1) is 0 Å². The normalized spacial score (nSPS) is 14.0. The minimum atomic E-state index is -0.0546. The molecule has 0 saturated carbocycles. The third kappa shape index (κ3) is 7.88. The molecule has 0 atom stereocenters. The summed E-state index contributed by atoms with van der Waals surface area (Å²) in [6.07, 6.45) is 0. The summed E-state index contributed by atoms with van der Waals surface area (Å²) in [5, 5.41) is 33.4. The van der Waals surface area contributed by atoms with Crippen molar-refractivity contribution in [3.63, 3.8) is 0 Å². The van der Waals surface area contributed by atoms with Gasteiger partial charge >= 0.3 is 0 Å². The number of hydrogen-bond acceptors (Lipinski definition) is 6. The fraction of sp³-hybridized carbons (Fsp3) is 0.0517. The summed E-state index contributed by atoms with van der Waals surface area (Å²) in [7, 11) is 0. The third-order valence-corrected chi connectivity index (χ3v) is 29.5. The molecule has 580 valence electrons. The Morgan fingerprint density at radius 1 is 0.176 bits per heavy atom. The molecule has 19 aromatic carbocycles. The van der Waals surface area contributed by atoms with Crippen LogP contribution in [-0.2, 0) is 10.8 Å². The van der Waals surface area contributed by atoms with Crippen molar-refractivity contribution in [2.75, 3.05) is 0 Å². The molecule has 125 heavy (non-hydrogen) atoms. The second-order valence-corrected chi connectivity index (χ2v) is 36.2. The predicted molar refractivity (Wildman–Crippen MR) is 517 cm³/mol. The molecule has 12 aromatic heterocycles. The Balaban J connectivity index is 0.0000000903. The quantitative estimate of drug-likeness (QED) is 0.141. The summed E-state index contributed by atoms with van der Waals surface area (Å²) in [6, 6.07) is 116. The number of nitrogens with zero attached hydrogens (tertiary/aromatic N) is 3. The maximum Gasteiger partial charge on any atom is 0.160 e. The molecule has 0 radical (unpaired) electrons. The van der Waals surface area contributed by atoms with Gasteiger partial charge in [0.25, 0.3) is 0 Å². The van der Waals surface area contributed by atoms with Gasteiger partial charge in [0.05, 0.1) is 55.0 Å². The molecule has 31 aromatic rings. The molecule has 0 saturated heterocycles. The molecular weight excluding hydrogens is 1530 g/mol. The number of rotatable bonds is 0. The fourth-order valence-corrected chi connectivity index (χ4v) is 24.1. The zero-order chi connectivity index (χ0) is 81.4. The first kappa shape index (κ1) is 65.7. The van der Waals surface area contributed by atoms with E-state index in [4.69, 9.17) is 26.5 Å². The molecule has 0 unspecified atom stereocenters. The lowest BCUT2D eigenvalue weighted by Crippen LogP contribution is -2.15. The van der Waals surface area contributed by atoms with Gasteiger partial charge in [-0.05, 0) is 169 Å². The van der Waals surface area contributed by atoms with E-state index in [1.54, 1.807) is 0 Å². The summed E-state index contributed by atoms with van der Waals surface area (Å²) in [6.45, 7) is 9.57. The summed E-state index contributed by atoms with van der Waals surface area (Å²) in [5.41, 5.74) is 32.4. The van der Waals surface area contributed by atoms with Crippen LogP contribution in [0.5, 0.6) is 0 Å². The molecule has 12 heterocycles. The molecule has 33 rings (SSSR count). The molecule has 0 spiro atoms. The van der Waals surface area contributed by atoms with Crippen LogP contribution in [0.3, 0.4) is 0 Å². The largest absolute Gasteiger partial charge is 0.456 e. The van der Waals surface area contributed by atoms with Gasteiger partial charge in [0, 0.05) is 135 Å². The lowest BCUT2D eigenvalue weighted by Gasteiger charge is -2.22. The van der Waals surface area contributed by atoms with Crippen LogP contribution in [0.15, 0.2) is 348 Å². The van der Waals surface area contributed by atoms with E-state index in [0.29, 0.717) is 0 Å². The average Bonchev–Trinajstić information content (AvgIpc) is 1.51. The van der Waals surface area contributed by atoms with Crippen molar-refractivity contribution in [3.8, 4) is 22.3 Å². The number of fused-ring (bicyclic) bond motifs is 52. The van der Waals surface area contributed by atoms with E-state index < -0.39 is 0 Å². The van der Waals surface area contributed by atoms with E-state index in [2.05, 4.69) is 302 Å². The van der Waals surface area contributed by atoms with Crippen molar-refractivity contribution in [1.82, 2.24) is 13.2 Å². The molecule has 2 aliphatic carbocycles. The molecule has 9 nitrogen and oxygen atoms in total. The summed E-state index contributed by atoms with van der Waals surface area (Å²) in [4.78, 5) is 0. The van der Waals surface area contributed by atoms with E-state index in [1.165, 1.54) is 120 Å². The monoisotopic (exact) mass is 1600 g/mol. The molecule has 9 heteroatoms. The SMILES string of the molecule is CC1(C)c2ccccc2-c2cc3c4cc5c6ccccc6ccc5c5c6cc7c(cc6n(c3cc21)c45)C(C)(C)c1ccccc1-7.c1ccc2c(c1)oc1c2cc2c3ccc4c5ccccc5oc4c3n3c4c(ccc5c6ccccc6oc54)c1c23.c1ccc2c(c1)oc1c2ccc2c3cc4oc5ccccc5c4c4c5ccc6c7ccccc7oc6c5n(c21)c34. The highest BCUT2D eigenvalue weighted by Gasteiger charge is 2.40. The van der Waals surface area contributed by atoms with Gasteiger partial charge in [-0.2, -0.15) is 0 Å². The summed E-state index contributed by atoms with van der Waals surface area (Å²) in [5.74, 6) is 0. The Morgan fingerprint density at radius 2 is 0.536 bits per heavy atom. The van der Waals surface area contributed by atoms with Gasteiger partial charge in [-0.25, -0.2) is 0 Å². The molecular formula is C116H65N3O6. The second-order valence-electron chi connectivity index (χ2n) is 36.2. The van der Waals surface area contributed by atoms with Crippen LogP contribution in [0.2, 0.25) is 0 Å². The Morgan fingerprint density at radius 3 is 1.06 bits per heavy atom. The first-order valence-corrected chi connectivity index (χ1v) is 43.3. The van der Waals surface area contributed by atoms with Gasteiger partial charge in [0.1, 0.15) is 44.7 Å². The van der Waals surface area contributed by atoms with Crippen LogP contribution in [0.4, 0.5) is 0 Å². The van der Waals surface area contributed by atoms with E-state index in [0.717, 1.165) is 192 Å². The lowest BCUT2D eigenvalue weighted by atomic mass is 9.82. The highest BCUT2D eigenvalue weighted by Crippen LogP contribution is 2.58. The van der Waals surface area contributed by atoms with Crippen molar-refractivity contribution in [2.45, 2.75) is 38.5 Å². The van der Waals surface area contributed by atoms with Crippen molar-refractivity contribution in [2.24, 2.45) is 0 Å². The van der Waals surface area contributed by atoms with Crippen LogP contribution < -0.4 is 0 Å². The van der Waals surface area contributed by atoms with Gasteiger partial charge in [-0.3, -0.25) is 0 Å². The number of benzene rings is 19. The number of hydrogen-bond donors (Lipinski definition) is 0. The highest BCUT2D eigenvalue weighted by molar-refractivity contribution is 6.41. The Kier molecular flexibility index (Phi) is 11.7. The van der Waals surface area contributed by atoms with Gasteiger partial charge in [-0.1, -0.05) is 246 Å². The first-order valence-electron chi connectivity index (χ1n) is 43.3. The Labute approximate surface area is 707 Å². The number of aromatic nitrogens is 3. The Hall–Kier alpha value is -16.1. The summed E-state index contributed by atoms with van der Waals surface area (Å²) >= 11 is 0. The molecule has 0 fully saturated rings. The average molecular weight is 1600 g/mol. The third-order valence-electron chi connectivity index (χ3n) is 29.5. The molecule has 0 N–H and O–H groups in total. The fourth-order valence-electron chi connectivity index (χ4n) is 24.1. The van der Waals surface area contributed by atoms with Gasteiger partial charge in [-0.15, -0.1) is 0 Å². The first-order chi connectivity index (χ1) is 61.5. The molecule has 0 bridgehead atoms. The van der Waals surface area contributed by atoms with Crippen molar-refractivity contribution < 1.29 is 26.5 Å². The van der Waals surface area contributed by atoms with Gasteiger partial charge in [0.15, 0.2) is 22.3 Å². The zero-order valence-corrected chi connectivity index (χ0v) is 67.9.